The van der Waals surface area contributed by atoms with E-state index in [1.807, 2.05) is 12.1 Å². The van der Waals surface area contributed by atoms with Gasteiger partial charge in [-0.25, -0.2) is 22.0 Å². The minimum Gasteiger partial charge on any atom is -0.392 e. The van der Waals surface area contributed by atoms with E-state index in [0.29, 0.717) is 31.6 Å². The van der Waals surface area contributed by atoms with Crippen molar-refractivity contribution in [2.45, 2.75) is 31.5 Å². The molecule has 0 bridgehead atoms. The molecule has 2 fully saturated rings. The van der Waals surface area contributed by atoms with Crippen molar-refractivity contribution in [1.29, 1.82) is 0 Å². The Balaban J connectivity index is 1.15. The molecule has 4 aromatic carbocycles. The predicted molar refractivity (Wildman–Crippen MR) is 171 cm³/mol. The summed E-state index contributed by atoms with van der Waals surface area (Å²) in [5.41, 5.74) is 1.51. The smallest absolute Gasteiger partial charge is 0.269 e. The number of amides is 1. The second kappa shape index (κ2) is 14.9. The highest BCUT2D eigenvalue weighted by atomic mass is 19.2. The number of rotatable bonds is 9. The quantitative estimate of drug-likeness (QED) is 0.0678. The summed E-state index contributed by atoms with van der Waals surface area (Å²) in [4.78, 5) is 27.5. The number of piperazine rings is 1. The summed E-state index contributed by atoms with van der Waals surface area (Å²) in [5, 5.41) is 22.7. The van der Waals surface area contributed by atoms with Crippen LogP contribution in [0.2, 0.25) is 0 Å². The molecule has 0 aromatic heterocycles. The van der Waals surface area contributed by atoms with Gasteiger partial charge in [0.15, 0.2) is 29.6 Å². The summed E-state index contributed by atoms with van der Waals surface area (Å²) in [6.07, 6.45) is -1.01. The van der Waals surface area contributed by atoms with Crippen molar-refractivity contribution in [2.75, 3.05) is 42.9 Å². The summed E-state index contributed by atoms with van der Waals surface area (Å²) in [5.74, 6) is -12.8. The summed E-state index contributed by atoms with van der Waals surface area (Å²) in [6.45, 7) is 3.31. The van der Waals surface area contributed by atoms with Crippen LogP contribution in [0.25, 0.3) is 0 Å². The zero-order valence-corrected chi connectivity index (χ0v) is 26.3. The number of nitro groups is 1. The van der Waals surface area contributed by atoms with Crippen molar-refractivity contribution in [1.82, 2.24) is 4.90 Å². The third-order valence-electron chi connectivity index (χ3n) is 8.75. The van der Waals surface area contributed by atoms with Crippen molar-refractivity contribution in [3.63, 3.8) is 0 Å². The van der Waals surface area contributed by atoms with Crippen LogP contribution in [-0.4, -0.2) is 59.7 Å². The number of nitrogens with zero attached hydrogens (tertiary/aromatic N) is 3. The van der Waals surface area contributed by atoms with E-state index in [-0.39, 0.29) is 30.2 Å². The average Bonchev–Trinajstić information content (AvgIpc) is 3.14. The highest BCUT2D eigenvalue weighted by Crippen LogP contribution is 2.38. The summed E-state index contributed by atoms with van der Waals surface area (Å²) < 4.78 is 81.8. The number of ether oxygens (including phenoxy) is 2. The van der Waals surface area contributed by atoms with Crippen LogP contribution in [-0.2, 0) is 16.1 Å². The molecule has 15 heteroatoms. The third-order valence-corrected chi connectivity index (χ3v) is 8.75. The van der Waals surface area contributed by atoms with E-state index in [0.717, 1.165) is 29.9 Å². The van der Waals surface area contributed by atoms with Crippen molar-refractivity contribution in [3.05, 3.63) is 134 Å². The second-order valence-corrected chi connectivity index (χ2v) is 11.9. The average molecular weight is 699 g/mol. The van der Waals surface area contributed by atoms with Crippen LogP contribution in [0.1, 0.15) is 45.9 Å². The van der Waals surface area contributed by atoms with Gasteiger partial charge in [0, 0.05) is 68.2 Å². The first-order valence-electron chi connectivity index (χ1n) is 15.7. The van der Waals surface area contributed by atoms with Gasteiger partial charge in [-0.2, -0.15) is 0 Å². The van der Waals surface area contributed by atoms with Gasteiger partial charge in [-0.15, -0.1) is 0 Å². The third kappa shape index (κ3) is 7.45. The molecule has 262 valence electrons. The number of hydrogen-bond donors (Lipinski definition) is 2. The summed E-state index contributed by atoms with van der Waals surface area (Å²) in [6, 6.07) is 19.7. The summed E-state index contributed by atoms with van der Waals surface area (Å²) >= 11 is 0. The van der Waals surface area contributed by atoms with E-state index >= 15 is 0 Å². The van der Waals surface area contributed by atoms with Gasteiger partial charge in [0.2, 0.25) is 5.82 Å². The number of carbonyl (C=O) groups is 1. The molecule has 2 saturated heterocycles. The number of benzene rings is 4. The van der Waals surface area contributed by atoms with E-state index in [2.05, 4.69) is 15.1 Å². The lowest BCUT2D eigenvalue weighted by atomic mass is 9.99. The van der Waals surface area contributed by atoms with Crippen molar-refractivity contribution in [2.24, 2.45) is 0 Å². The Morgan fingerprint density at radius 1 is 0.800 bits per heavy atom. The fourth-order valence-electron chi connectivity index (χ4n) is 6.02. The van der Waals surface area contributed by atoms with E-state index < -0.39 is 51.8 Å². The maximum absolute atomic E-state index is 14.2. The molecule has 0 radical (unpaired) electrons. The number of hydrogen-bond acceptors (Lipinski definition) is 8. The molecule has 1 amide bonds. The molecule has 2 heterocycles. The van der Waals surface area contributed by atoms with Crippen molar-refractivity contribution < 1.29 is 46.3 Å². The normalized spacial score (nSPS) is 19.7. The second-order valence-electron chi connectivity index (χ2n) is 11.9. The Hall–Kier alpha value is -4.96. The lowest BCUT2D eigenvalue weighted by molar-refractivity contribution is -0.384. The SMILES string of the molecule is O=C(Nc1ccc([C@H]2O[C@@H](CN3CCN(c4ccc([N+](=O)[O-])cc4)CC3)C[C@@H](c3ccc(CO)cc3)O2)cc1)c1c(F)c(F)c(F)c(F)c1F. The number of anilines is 2. The zero-order valence-electron chi connectivity index (χ0n) is 26.3. The molecule has 0 unspecified atom stereocenters. The summed E-state index contributed by atoms with van der Waals surface area (Å²) in [7, 11) is 0. The minimum atomic E-state index is -2.36. The highest BCUT2D eigenvalue weighted by Gasteiger charge is 2.34. The number of halogens is 5. The molecule has 2 N–H and O–H groups in total. The van der Waals surface area contributed by atoms with Gasteiger partial charge in [0.05, 0.1) is 23.7 Å². The molecular weight excluding hydrogens is 667 g/mol. The van der Waals surface area contributed by atoms with Gasteiger partial charge in [0.1, 0.15) is 5.56 Å². The van der Waals surface area contributed by atoms with Crippen LogP contribution in [0, 0.1) is 39.2 Å². The standard InChI is InChI=1S/C35H31F5N4O6/c36-29-28(30(37)32(39)33(40)31(29)38)34(46)41-23-7-5-22(6-8-23)35-49-26(17-27(50-35)21-3-1-20(19-45)2-4-21)18-42-13-15-43(16-14-42)24-9-11-25(12-10-24)44(47)48/h1-12,26-27,35,45H,13-19H2,(H,41,46)/t26-,27+,35+/m1/s1. The molecule has 50 heavy (non-hydrogen) atoms. The molecular formula is C35H31F5N4O6. The van der Waals surface area contributed by atoms with Crippen LogP contribution in [0.15, 0.2) is 72.8 Å². The molecule has 0 saturated carbocycles. The Bertz CT molecular complexity index is 1830. The number of aliphatic hydroxyl groups is 1. The van der Waals surface area contributed by atoms with Gasteiger partial charge in [0.25, 0.3) is 11.6 Å². The lowest BCUT2D eigenvalue weighted by Gasteiger charge is -2.41. The number of nitrogens with one attached hydrogen (secondary N) is 1. The number of aliphatic hydroxyl groups excluding tert-OH is 1. The minimum absolute atomic E-state index is 0.0251. The molecule has 2 aliphatic heterocycles. The van der Waals surface area contributed by atoms with E-state index in [1.54, 1.807) is 36.4 Å². The first kappa shape index (κ1) is 34.9. The topological polar surface area (TPSA) is 117 Å². The Kier molecular flexibility index (Phi) is 10.4. The fourth-order valence-corrected chi connectivity index (χ4v) is 6.02. The van der Waals surface area contributed by atoms with Crippen LogP contribution < -0.4 is 10.2 Å². The molecule has 0 spiro atoms. The van der Waals surface area contributed by atoms with E-state index in [4.69, 9.17) is 9.47 Å². The Morgan fingerprint density at radius 2 is 1.38 bits per heavy atom. The monoisotopic (exact) mass is 698 g/mol. The van der Waals surface area contributed by atoms with E-state index in [9.17, 15) is 42.0 Å². The maximum Gasteiger partial charge on any atom is 0.269 e. The van der Waals surface area contributed by atoms with Crippen LogP contribution in [0.5, 0.6) is 0 Å². The van der Waals surface area contributed by atoms with Crippen LogP contribution in [0.4, 0.5) is 39.0 Å². The van der Waals surface area contributed by atoms with Gasteiger partial charge in [-0.1, -0.05) is 36.4 Å². The predicted octanol–water partition coefficient (Wildman–Crippen LogP) is 6.40. The maximum atomic E-state index is 14.2. The molecule has 4 aromatic rings. The first-order chi connectivity index (χ1) is 24.0. The van der Waals surface area contributed by atoms with Crippen LogP contribution in [0.3, 0.4) is 0 Å². The number of carbonyl (C=O) groups excluding carboxylic acids is 1. The van der Waals surface area contributed by atoms with E-state index in [1.165, 1.54) is 24.3 Å². The zero-order chi connectivity index (χ0) is 35.5. The molecule has 2 aliphatic rings. The first-order valence-corrected chi connectivity index (χ1v) is 15.7. The Labute approximate surface area is 282 Å². The van der Waals surface area contributed by atoms with Gasteiger partial charge in [-0.05, 0) is 35.4 Å². The van der Waals surface area contributed by atoms with Crippen molar-refractivity contribution >= 4 is 23.0 Å². The van der Waals surface area contributed by atoms with Gasteiger partial charge < -0.3 is 24.8 Å². The fraction of sp³-hybridized carbons (Fsp3) is 0.286. The highest BCUT2D eigenvalue weighted by molar-refractivity contribution is 6.04. The Morgan fingerprint density at radius 3 is 1.96 bits per heavy atom. The van der Waals surface area contributed by atoms with Gasteiger partial charge >= 0.3 is 0 Å². The molecule has 6 rings (SSSR count). The molecule has 3 atom stereocenters. The van der Waals surface area contributed by atoms with Gasteiger partial charge in [-0.3, -0.25) is 19.8 Å². The number of nitro benzene ring substituents is 1. The lowest BCUT2D eigenvalue weighted by Crippen LogP contribution is -2.49. The molecule has 10 nitrogen and oxygen atoms in total. The van der Waals surface area contributed by atoms with Crippen molar-refractivity contribution in [3.8, 4) is 0 Å². The molecule has 0 aliphatic carbocycles. The largest absolute Gasteiger partial charge is 0.392 e. The van der Waals surface area contributed by atoms with Crippen LogP contribution >= 0.6 is 0 Å². The number of non-ortho nitro benzene ring substituents is 1.